The van der Waals surface area contributed by atoms with E-state index in [1.54, 1.807) is 30.3 Å². The van der Waals surface area contributed by atoms with Crippen molar-refractivity contribution in [2.75, 3.05) is 20.3 Å². The van der Waals surface area contributed by atoms with E-state index in [9.17, 15) is 9.18 Å². The van der Waals surface area contributed by atoms with E-state index >= 15 is 0 Å². The average Bonchev–Trinajstić information content (AvgIpc) is 2.83. The van der Waals surface area contributed by atoms with Gasteiger partial charge < -0.3 is 25.3 Å². The first-order valence-corrected chi connectivity index (χ1v) is 10.3. The molecule has 0 radical (unpaired) electrons. The third kappa shape index (κ3) is 7.47. The lowest BCUT2D eigenvalue weighted by molar-refractivity contribution is -0.131. The highest BCUT2D eigenvalue weighted by Crippen LogP contribution is 2.24. The van der Waals surface area contributed by atoms with E-state index < -0.39 is 17.8 Å². The molecule has 9 heteroatoms. The standard InChI is InChI=1S/C25H26FN3O4.ClH/c1-31-23(25(30)29-16-17-7-9-18(10-8-17)24(27)28)21-12-11-20(15-22(21)26)33-14-13-32-19-5-3-2-4-6-19;/h2-12,15,23H,13-14,16H2,1H3,(H3,27,28)(H,29,30);1H/t23-;/m0./s1. The smallest absolute Gasteiger partial charge is 0.254 e. The van der Waals surface area contributed by atoms with Crippen LogP contribution >= 0.6 is 12.4 Å². The highest BCUT2D eigenvalue weighted by atomic mass is 35.5. The van der Waals surface area contributed by atoms with Gasteiger partial charge in [0.05, 0.1) is 0 Å². The zero-order chi connectivity index (χ0) is 23.6. The average molecular weight is 488 g/mol. The number of amidine groups is 1. The lowest BCUT2D eigenvalue weighted by atomic mass is 10.1. The molecule has 0 aliphatic rings. The molecule has 0 heterocycles. The van der Waals surface area contributed by atoms with Crippen LogP contribution in [0, 0.1) is 11.2 Å². The molecule has 4 N–H and O–H groups in total. The van der Waals surface area contributed by atoms with Gasteiger partial charge in [-0.1, -0.05) is 42.5 Å². The van der Waals surface area contributed by atoms with Crippen LogP contribution in [0.1, 0.15) is 22.8 Å². The Morgan fingerprint density at radius 1 is 1.00 bits per heavy atom. The molecule has 180 valence electrons. The highest BCUT2D eigenvalue weighted by Gasteiger charge is 2.23. The van der Waals surface area contributed by atoms with Gasteiger partial charge in [-0.2, -0.15) is 0 Å². The van der Waals surface area contributed by atoms with Crippen molar-refractivity contribution in [3.05, 3.63) is 95.3 Å². The van der Waals surface area contributed by atoms with Crippen molar-refractivity contribution in [3.63, 3.8) is 0 Å². The van der Waals surface area contributed by atoms with Crippen LogP contribution in [0.15, 0.2) is 72.8 Å². The van der Waals surface area contributed by atoms with Gasteiger partial charge in [-0.25, -0.2) is 4.39 Å². The second-order valence-electron chi connectivity index (χ2n) is 7.14. The van der Waals surface area contributed by atoms with E-state index in [-0.39, 0.29) is 37.0 Å². The number of hydrogen-bond donors (Lipinski definition) is 3. The molecule has 0 aromatic heterocycles. The molecule has 0 aliphatic carbocycles. The minimum absolute atomic E-state index is 0. The van der Waals surface area contributed by atoms with Crippen molar-refractivity contribution in [2.45, 2.75) is 12.6 Å². The minimum Gasteiger partial charge on any atom is -0.490 e. The van der Waals surface area contributed by atoms with Crippen molar-refractivity contribution >= 4 is 24.1 Å². The van der Waals surface area contributed by atoms with Crippen molar-refractivity contribution in [2.24, 2.45) is 5.73 Å². The van der Waals surface area contributed by atoms with Crippen LogP contribution in [0.4, 0.5) is 4.39 Å². The van der Waals surface area contributed by atoms with E-state index in [0.29, 0.717) is 17.9 Å². The number of benzene rings is 3. The van der Waals surface area contributed by atoms with Gasteiger partial charge >= 0.3 is 0 Å². The van der Waals surface area contributed by atoms with Gasteiger partial charge in [0.1, 0.15) is 36.4 Å². The summed E-state index contributed by atoms with van der Waals surface area (Å²) in [5.41, 5.74) is 6.95. The van der Waals surface area contributed by atoms with Crippen molar-refractivity contribution < 1.29 is 23.4 Å². The largest absolute Gasteiger partial charge is 0.490 e. The van der Waals surface area contributed by atoms with Crippen LogP contribution in [0.3, 0.4) is 0 Å². The first-order chi connectivity index (χ1) is 16.0. The molecule has 0 unspecified atom stereocenters. The Labute approximate surface area is 203 Å². The van der Waals surface area contributed by atoms with Gasteiger partial charge in [0.2, 0.25) is 0 Å². The number of methoxy groups -OCH3 is 1. The van der Waals surface area contributed by atoms with Gasteiger partial charge in [-0.3, -0.25) is 10.2 Å². The summed E-state index contributed by atoms with van der Waals surface area (Å²) in [6.45, 7) is 0.773. The van der Waals surface area contributed by atoms with Gasteiger partial charge in [-0.15, -0.1) is 12.4 Å². The molecule has 0 saturated carbocycles. The van der Waals surface area contributed by atoms with E-state index in [1.165, 1.54) is 19.2 Å². The maximum Gasteiger partial charge on any atom is 0.254 e. The zero-order valence-electron chi connectivity index (χ0n) is 18.6. The van der Waals surface area contributed by atoms with Gasteiger partial charge in [0, 0.05) is 30.8 Å². The van der Waals surface area contributed by atoms with Crippen LogP contribution in [0.2, 0.25) is 0 Å². The number of nitrogens with two attached hydrogens (primary N) is 1. The predicted octanol–water partition coefficient (Wildman–Crippen LogP) is 3.99. The molecule has 34 heavy (non-hydrogen) atoms. The summed E-state index contributed by atoms with van der Waals surface area (Å²) in [5.74, 6) is -0.0574. The minimum atomic E-state index is -1.11. The maximum absolute atomic E-state index is 14.7. The molecule has 3 aromatic rings. The fourth-order valence-corrected chi connectivity index (χ4v) is 3.11. The first kappa shape index (κ1) is 26.6. The summed E-state index contributed by atoms with van der Waals surface area (Å²) in [5, 5.41) is 10.1. The Hall–Kier alpha value is -3.62. The van der Waals surface area contributed by atoms with E-state index in [4.69, 9.17) is 25.4 Å². The summed E-state index contributed by atoms with van der Waals surface area (Å²) in [6.07, 6.45) is -1.11. The number of amides is 1. The molecule has 7 nitrogen and oxygen atoms in total. The van der Waals surface area contributed by atoms with Crippen molar-refractivity contribution in [1.82, 2.24) is 5.32 Å². The summed E-state index contributed by atoms with van der Waals surface area (Å²) >= 11 is 0. The lowest BCUT2D eigenvalue weighted by Gasteiger charge is -2.17. The fourth-order valence-electron chi connectivity index (χ4n) is 3.11. The lowest BCUT2D eigenvalue weighted by Crippen LogP contribution is -2.30. The SMILES string of the molecule is CO[C@H](C(=O)NCc1ccc(C(=N)N)cc1)c1ccc(OCCOc2ccccc2)cc1F.Cl. The molecule has 0 spiro atoms. The Morgan fingerprint density at radius 2 is 1.65 bits per heavy atom. The number of rotatable bonds is 11. The maximum atomic E-state index is 14.7. The number of hydrogen-bond acceptors (Lipinski definition) is 5. The third-order valence-corrected chi connectivity index (χ3v) is 4.82. The van der Waals surface area contributed by atoms with Crippen LogP contribution in [0.5, 0.6) is 11.5 Å². The van der Waals surface area contributed by atoms with Crippen LogP contribution < -0.4 is 20.5 Å². The molecule has 0 bridgehead atoms. The summed E-state index contributed by atoms with van der Waals surface area (Å²) in [6, 6.07) is 20.5. The third-order valence-electron chi connectivity index (χ3n) is 4.82. The number of para-hydroxylation sites is 1. The molecule has 0 aliphatic heterocycles. The highest BCUT2D eigenvalue weighted by molar-refractivity contribution is 5.94. The van der Waals surface area contributed by atoms with Crippen LogP contribution in [-0.2, 0) is 16.1 Å². The second-order valence-corrected chi connectivity index (χ2v) is 7.14. The van der Waals surface area contributed by atoms with Crippen molar-refractivity contribution in [3.8, 4) is 11.5 Å². The quantitative estimate of drug-likeness (QED) is 0.215. The molecule has 3 rings (SSSR count). The summed E-state index contributed by atoms with van der Waals surface area (Å²) in [4.78, 5) is 12.6. The Morgan fingerprint density at radius 3 is 2.24 bits per heavy atom. The number of carbonyl (C=O) groups excluding carboxylic acids is 1. The molecule has 3 aromatic carbocycles. The second kappa shape index (κ2) is 13.2. The normalized spacial score (nSPS) is 11.1. The molecular formula is C25H27ClFN3O4. The predicted molar refractivity (Wildman–Crippen MR) is 130 cm³/mol. The van der Waals surface area contributed by atoms with Gasteiger partial charge in [-0.05, 0) is 29.8 Å². The van der Waals surface area contributed by atoms with Crippen molar-refractivity contribution in [1.29, 1.82) is 5.41 Å². The molecule has 0 saturated heterocycles. The number of ether oxygens (including phenoxy) is 3. The van der Waals surface area contributed by atoms with Crippen LogP contribution in [-0.4, -0.2) is 32.1 Å². The van der Waals surface area contributed by atoms with E-state index in [0.717, 1.165) is 11.3 Å². The monoisotopic (exact) mass is 487 g/mol. The fraction of sp³-hybridized carbons (Fsp3) is 0.200. The van der Waals surface area contributed by atoms with E-state index in [1.807, 2.05) is 30.3 Å². The van der Waals surface area contributed by atoms with Gasteiger partial charge in [0.15, 0.2) is 6.10 Å². The number of nitrogens with one attached hydrogen (secondary N) is 2. The number of nitrogen functional groups attached to an aromatic ring is 1. The molecule has 1 amide bonds. The van der Waals surface area contributed by atoms with Gasteiger partial charge in [0.25, 0.3) is 5.91 Å². The molecule has 1 atom stereocenters. The first-order valence-electron chi connectivity index (χ1n) is 10.3. The Kier molecular flexibility index (Phi) is 10.3. The Balaban J connectivity index is 0.00000408. The summed E-state index contributed by atoms with van der Waals surface area (Å²) in [7, 11) is 1.34. The zero-order valence-corrected chi connectivity index (χ0v) is 19.4. The van der Waals surface area contributed by atoms with E-state index in [2.05, 4.69) is 5.32 Å². The number of halogens is 2. The molecular weight excluding hydrogens is 461 g/mol. The van der Waals surface area contributed by atoms with Crippen LogP contribution in [0.25, 0.3) is 0 Å². The topological polar surface area (TPSA) is 107 Å². The summed E-state index contributed by atoms with van der Waals surface area (Å²) < 4.78 is 31.0. The molecule has 0 fully saturated rings. The number of carbonyl (C=O) groups is 1. The Bertz CT molecular complexity index is 1080.